The Bertz CT molecular complexity index is 891. The molecule has 2 aromatic rings. The van der Waals surface area contributed by atoms with Crippen LogP contribution in [0, 0.1) is 5.82 Å². The number of Topliss-reactive ketones (excluding diaryl/α,β-unsaturated/α-hetero) is 1. The van der Waals surface area contributed by atoms with Crippen LogP contribution in [-0.2, 0) is 14.9 Å². The Morgan fingerprint density at radius 3 is 2.43 bits per heavy atom. The maximum atomic E-state index is 13.3. The van der Waals surface area contributed by atoms with Crippen LogP contribution in [0.4, 0.5) is 4.39 Å². The lowest BCUT2D eigenvalue weighted by Gasteiger charge is -2.38. The smallest absolute Gasteiger partial charge is 0.257 e. The van der Waals surface area contributed by atoms with Crippen molar-refractivity contribution in [2.45, 2.75) is 25.2 Å². The molecule has 0 radical (unpaired) electrons. The van der Waals surface area contributed by atoms with E-state index in [0.717, 1.165) is 18.4 Å². The second-order valence-corrected chi connectivity index (χ2v) is 7.39. The summed E-state index contributed by atoms with van der Waals surface area (Å²) in [7, 11) is 1.48. The molecule has 2 aromatic carbocycles. The van der Waals surface area contributed by atoms with Crippen LogP contribution in [0.3, 0.4) is 0 Å². The Morgan fingerprint density at radius 1 is 1.10 bits per heavy atom. The normalized spacial score (nSPS) is 15.3. The number of carbonyl (C=O) groups excluding carboxylic acids is 2. The average Bonchev–Trinajstić information content (AvgIpc) is 2.77. The minimum Gasteiger partial charge on any atom is -0.493 e. The lowest BCUT2D eigenvalue weighted by Crippen LogP contribution is -2.45. The Balaban J connectivity index is 1.62. The van der Waals surface area contributed by atoms with E-state index in [1.165, 1.54) is 26.2 Å². The molecule has 1 saturated heterocycles. The van der Waals surface area contributed by atoms with Crippen LogP contribution in [0.15, 0.2) is 42.5 Å². The minimum absolute atomic E-state index is 0.0832. The van der Waals surface area contributed by atoms with Crippen LogP contribution in [0.2, 0.25) is 0 Å². The first-order chi connectivity index (χ1) is 14.4. The molecule has 1 aliphatic heterocycles. The van der Waals surface area contributed by atoms with Crippen LogP contribution in [0.25, 0.3) is 0 Å². The van der Waals surface area contributed by atoms with Gasteiger partial charge in [-0.1, -0.05) is 12.1 Å². The molecule has 0 aliphatic carbocycles. The number of halogens is 1. The predicted molar refractivity (Wildman–Crippen MR) is 110 cm³/mol. The second kappa shape index (κ2) is 9.71. The molecule has 0 bridgehead atoms. The summed E-state index contributed by atoms with van der Waals surface area (Å²) in [5, 5.41) is 2.94. The fraction of sp³-hybridized carbons (Fsp3) is 0.391. The molecule has 3 rings (SSSR count). The fourth-order valence-electron chi connectivity index (χ4n) is 3.60. The molecular formula is C23H26FNO5. The highest BCUT2D eigenvalue weighted by Gasteiger charge is 2.35. The fourth-order valence-corrected chi connectivity index (χ4v) is 3.60. The Kier molecular flexibility index (Phi) is 7.05. The Morgan fingerprint density at radius 2 is 1.80 bits per heavy atom. The standard InChI is InChI=1S/C23H26FNO5/c1-16(26)17-3-8-20(21(13-17)28-2)30-14-22(27)25-15-23(9-11-29-12-10-23)18-4-6-19(24)7-5-18/h3-8,13H,9-12,14-15H2,1-2H3,(H,25,27). The summed E-state index contributed by atoms with van der Waals surface area (Å²) in [6.07, 6.45) is 1.47. The average molecular weight is 415 g/mol. The number of nitrogens with one attached hydrogen (secondary N) is 1. The highest BCUT2D eigenvalue weighted by atomic mass is 19.1. The number of hydrogen-bond acceptors (Lipinski definition) is 5. The van der Waals surface area contributed by atoms with Crippen LogP contribution in [-0.4, -0.2) is 45.2 Å². The number of carbonyl (C=O) groups is 2. The first-order valence-electron chi connectivity index (χ1n) is 9.86. The monoisotopic (exact) mass is 415 g/mol. The molecule has 160 valence electrons. The van der Waals surface area contributed by atoms with E-state index in [9.17, 15) is 14.0 Å². The van der Waals surface area contributed by atoms with Crippen molar-refractivity contribution in [1.29, 1.82) is 0 Å². The first-order valence-corrected chi connectivity index (χ1v) is 9.86. The van der Waals surface area contributed by atoms with E-state index in [2.05, 4.69) is 5.32 Å². The number of amides is 1. The zero-order valence-electron chi connectivity index (χ0n) is 17.2. The molecule has 1 heterocycles. The van der Waals surface area contributed by atoms with E-state index in [-0.39, 0.29) is 29.5 Å². The van der Waals surface area contributed by atoms with E-state index in [0.29, 0.717) is 36.8 Å². The van der Waals surface area contributed by atoms with E-state index >= 15 is 0 Å². The lowest BCUT2D eigenvalue weighted by molar-refractivity contribution is -0.123. The van der Waals surface area contributed by atoms with Gasteiger partial charge in [0, 0.05) is 30.7 Å². The van der Waals surface area contributed by atoms with Crippen molar-refractivity contribution in [3.8, 4) is 11.5 Å². The summed E-state index contributed by atoms with van der Waals surface area (Å²) in [5.74, 6) is 0.128. The van der Waals surface area contributed by atoms with Crippen molar-refractivity contribution < 1.29 is 28.2 Å². The van der Waals surface area contributed by atoms with Crippen molar-refractivity contribution in [2.75, 3.05) is 33.5 Å². The van der Waals surface area contributed by atoms with Gasteiger partial charge in [0.25, 0.3) is 5.91 Å². The molecule has 1 fully saturated rings. The third-order valence-corrected chi connectivity index (χ3v) is 5.46. The van der Waals surface area contributed by atoms with Crippen LogP contribution >= 0.6 is 0 Å². The zero-order valence-corrected chi connectivity index (χ0v) is 17.2. The number of methoxy groups -OCH3 is 1. The summed E-state index contributed by atoms with van der Waals surface area (Å²) < 4.78 is 29.7. The molecular weight excluding hydrogens is 389 g/mol. The molecule has 30 heavy (non-hydrogen) atoms. The molecule has 0 spiro atoms. The zero-order chi connectivity index (χ0) is 21.6. The SMILES string of the molecule is COc1cc(C(C)=O)ccc1OCC(=O)NCC1(c2ccc(F)cc2)CCOCC1. The van der Waals surface area contributed by atoms with Gasteiger partial charge < -0.3 is 19.5 Å². The van der Waals surface area contributed by atoms with Crippen molar-refractivity contribution in [3.05, 3.63) is 59.4 Å². The third-order valence-electron chi connectivity index (χ3n) is 5.46. The van der Waals surface area contributed by atoms with Crippen LogP contribution in [0.5, 0.6) is 11.5 Å². The molecule has 1 amide bonds. The van der Waals surface area contributed by atoms with Crippen LogP contribution < -0.4 is 14.8 Å². The molecule has 1 aliphatic rings. The summed E-state index contributed by atoms with van der Waals surface area (Å²) in [5.41, 5.74) is 1.18. The predicted octanol–water partition coefficient (Wildman–Crippen LogP) is 3.28. The molecule has 0 atom stereocenters. The number of ketones is 1. The van der Waals surface area contributed by atoms with E-state index in [4.69, 9.17) is 14.2 Å². The number of benzene rings is 2. The maximum Gasteiger partial charge on any atom is 0.257 e. The Labute approximate surface area is 175 Å². The van der Waals surface area contributed by atoms with Gasteiger partial charge in [-0.05, 0) is 55.7 Å². The van der Waals surface area contributed by atoms with Gasteiger partial charge in [0.1, 0.15) is 5.82 Å². The van der Waals surface area contributed by atoms with Gasteiger partial charge in [0.2, 0.25) is 0 Å². The van der Waals surface area contributed by atoms with Crippen molar-refractivity contribution in [2.24, 2.45) is 0 Å². The lowest BCUT2D eigenvalue weighted by atomic mass is 9.74. The van der Waals surface area contributed by atoms with Gasteiger partial charge in [0.15, 0.2) is 23.9 Å². The van der Waals surface area contributed by atoms with E-state index in [1.54, 1.807) is 30.3 Å². The molecule has 0 saturated carbocycles. The summed E-state index contributed by atoms with van der Waals surface area (Å²) in [4.78, 5) is 23.9. The summed E-state index contributed by atoms with van der Waals surface area (Å²) in [6.45, 7) is 2.86. The quantitative estimate of drug-likeness (QED) is 0.670. The summed E-state index contributed by atoms with van der Waals surface area (Å²) in [6, 6.07) is 11.2. The number of rotatable bonds is 8. The highest BCUT2D eigenvalue weighted by molar-refractivity contribution is 5.94. The third kappa shape index (κ3) is 5.16. The van der Waals surface area contributed by atoms with Gasteiger partial charge in [0.05, 0.1) is 7.11 Å². The Hall–Kier alpha value is -2.93. The topological polar surface area (TPSA) is 73.9 Å². The first kappa shape index (κ1) is 21.8. The van der Waals surface area contributed by atoms with Gasteiger partial charge in [-0.15, -0.1) is 0 Å². The second-order valence-electron chi connectivity index (χ2n) is 7.39. The molecule has 1 N–H and O–H groups in total. The summed E-state index contributed by atoms with van der Waals surface area (Å²) >= 11 is 0. The number of hydrogen-bond donors (Lipinski definition) is 1. The minimum atomic E-state index is -0.303. The molecule has 7 heteroatoms. The van der Waals surface area contributed by atoms with Gasteiger partial charge in [-0.25, -0.2) is 4.39 Å². The largest absolute Gasteiger partial charge is 0.493 e. The van der Waals surface area contributed by atoms with Crippen molar-refractivity contribution in [1.82, 2.24) is 5.32 Å². The number of ether oxygens (including phenoxy) is 3. The molecule has 0 unspecified atom stereocenters. The van der Waals surface area contributed by atoms with E-state index < -0.39 is 0 Å². The van der Waals surface area contributed by atoms with Gasteiger partial charge in [-0.3, -0.25) is 9.59 Å². The van der Waals surface area contributed by atoms with Crippen molar-refractivity contribution in [3.63, 3.8) is 0 Å². The maximum absolute atomic E-state index is 13.3. The van der Waals surface area contributed by atoms with Gasteiger partial charge >= 0.3 is 0 Å². The molecule has 6 nitrogen and oxygen atoms in total. The van der Waals surface area contributed by atoms with Gasteiger partial charge in [-0.2, -0.15) is 0 Å². The van der Waals surface area contributed by atoms with Crippen LogP contribution in [0.1, 0.15) is 35.7 Å². The van der Waals surface area contributed by atoms with E-state index in [1.807, 2.05) is 0 Å². The highest BCUT2D eigenvalue weighted by Crippen LogP contribution is 2.34. The van der Waals surface area contributed by atoms with Crippen molar-refractivity contribution >= 4 is 11.7 Å². The molecule has 0 aromatic heterocycles.